The maximum atomic E-state index is 13.8. The van der Waals surface area contributed by atoms with Crippen LogP contribution in [-0.2, 0) is 6.42 Å². The van der Waals surface area contributed by atoms with Crippen molar-refractivity contribution in [2.24, 2.45) is 5.92 Å². The molecule has 1 unspecified atom stereocenters. The third-order valence-corrected chi connectivity index (χ3v) is 2.73. The van der Waals surface area contributed by atoms with Crippen LogP contribution >= 0.6 is 0 Å². The zero-order valence-corrected chi connectivity index (χ0v) is 9.87. The van der Waals surface area contributed by atoms with E-state index in [-0.39, 0.29) is 24.1 Å². The van der Waals surface area contributed by atoms with Gasteiger partial charge >= 0.3 is 0 Å². The summed E-state index contributed by atoms with van der Waals surface area (Å²) in [5, 5.41) is 9.18. The number of hydrogen-bond donors (Lipinski definition) is 1. The Morgan fingerprint density at radius 3 is 2.75 bits per heavy atom. The Balaban J connectivity index is 2.79. The molecule has 2 nitrogen and oxygen atoms in total. The average molecular weight is 226 g/mol. The molecule has 0 radical (unpaired) electrons. The van der Waals surface area contributed by atoms with Gasteiger partial charge in [0.15, 0.2) is 11.6 Å². The second-order valence-electron chi connectivity index (χ2n) is 3.97. The lowest BCUT2D eigenvalue weighted by Gasteiger charge is -2.14. The van der Waals surface area contributed by atoms with Gasteiger partial charge in [-0.2, -0.15) is 0 Å². The minimum absolute atomic E-state index is 0.102. The van der Waals surface area contributed by atoms with Gasteiger partial charge in [0.2, 0.25) is 0 Å². The molecule has 16 heavy (non-hydrogen) atoms. The maximum Gasteiger partial charge on any atom is 0.168 e. The van der Waals surface area contributed by atoms with Crippen molar-refractivity contribution in [2.45, 2.75) is 26.2 Å². The number of aliphatic hydroxyl groups excluding tert-OH is 1. The zero-order chi connectivity index (χ0) is 12.0. The van der Waals surface area contributed by atoms with Crippen LogP contribution in [0.25, 0.3) is 0 Å². The number of aliphatic hydroxyl groups is 1. The highest BCUT2D eigenvalue weighted by Gasteiger charge is 2.13. The lowest BCUT2D eigenvalue weighted by Crippen LogP contribution is -2.10. The molecule has 0 amide bonds. The van der Waals surface area contributed by atoms with Crippen LogP contribution in [0, 0.1) is 11.7 Å². The van der Waals surface area contributed by atoms with Gasteiger partial charge < -0.3 is 9.84 Å². The molecule has 0 saturated heterocycles. The van der Waals surface area contributed by atoms with E-state index in [1.807, 2.05) is 0 Å². The van der Waals surface area contributed by atoms with Gasteiger partial charge in [-0.25, -0.2) is 4.39 Å². The molecule has 0 aliphatic rings. The van der Waals surface area contributed by atoms with E-state index in [0.29, 0.717) is 12.0 Å². The summed E-state index contributed by atoms with van der Waals surface area (Å²) in [4.78, 5) is 0. The second-order valence-corrected chi connectivity index (χ2v) is 3.97. The first-order chi connectivity index (χ1) is 7.72. The number of ether oxygens (including phenoxy) is 1. The molecule has 1 atom stereocenters. The molecule has 0 aromatic heterocycles. The first-order valence-electron chi connectivity index (χ1n) is 5.65. The van der Waals surface area contributed by atoms with E-state index in [1.54, 1.807) is 18.2 Å². The molecule has 0 heterocycles. The summed E-state index contributed by atoms with van der Waals surface area (Å²) in [5.41, 5.74) is 0.617. The van der Waals surface area contributed by atoms with Crippen molar-refractivity contribution in [3.63, 3.8) is 0 Å². The summed E-state index contributed by atoms with van der Waals surface area (Å²) >= 11 is 0. The summed E-state index contributed by atoms with van der Waals surface area (Å²) in [6, 6.07) is 5.13. The maximum absolute atomic E-state index is 13.8. The SMILES string of the molecule is CCCC(CO)Cc1cccc(OC)c1F. The van der Waals surface area contributed by atoms with E-state index in [0.717, 1.165) is 12.8 Å². The topological polar surface area (TPSA) is 29.5 Å². The van der Waals surface area contributed by atoms with E-state index >= 15 is 0 Å². The molecule has 0 aliphatic heterocycles. The molecule has 0 fully saturated rings. The van der Waals surface area contributed by atoms with Crippen molar-refractivity contribution in [3.05, 3.63) is 29.6 Å². The van der Waals surface area contributed by atoms with Gasteiger partial charge in [-0.1, -0.05) is 25.5 Å². The Morgan fingerprint density at radius 1 is 1.44 bits per heavy atom. The van der Waals surface area contributed by atoms with Crippen LogP contribution in [0.5, 0.6) is 5.75 Å². The standard InChI is InChI=1S/C13H19FO2/c1-3-5-10(9-15)8-11-6-4-7-12(16-2)13(11)14/h4,6-7,10,15H,3,5,8-9H2,1-2H3. The predicted molar refractivity (Wildman–Crippen MR) is 62.1 cm³/mol. The number of methoxy groups -OCH3 is 1. The Morgan fingerprint density at radius 2 is 2.19 bits per heavy atom. The molecule has 1 aromatic carbocycles. The number of rotatable bonds is 6. The summed E-state index contributed by atoms with van der Waals surface area (Å²) < 4.78 is 18.7. The third kappa shape index (κ3) is 3.20. The van der Waals surface area contributed by atoms with Crippen LogP contribution in [0.15, 0.2) is 18.2 Å². The van der Waals surface area contributed by atoms with E-state index in [9.17, 15) is 9.50 Å². The monoisotopic (exact) mass is 226 g/mol. The zero-order valence-electron chi connectivity index (χ0n) is 9.87. The normalized spacial score (nSPS) is 12.5. The lowest BCUT2D eigenvalue weighted by molar-refractivity contribution is 0.216. The summed E-state index contributed by atoms with van der Waals surface area (Å²) in [6.07, 6.45) is 2.47. The molecule has 1 aromatic rings. The smallest absolute Gasteiger partial charge is 0.168 e. The number of halogens is 1. The summed E-state index contributed by atoms with van der Waals surface area (Å²) in [7, 11) is 1.46. The Hall–Kier alpha value is -1.09. The molecule has 0 spiro atoms. The molecule has 1 rings (SSSR count). The summed E-state index contributed by atoms with van der Waals surface area (Å²) in [6.45, 7) is 2.16. The van der Waals surface area contributed by atoms with Gasteiger partial charge in [0.1, 0.15) is 0 Å². The highest BCUT2D eigenvalue weighted by molar-refractivity contribution is 5.31. The van der Waals surface area contributed by atoms with Crippen molar-refractivity contribution in [3.8, 4) is 5.75 Å². The van der Waals surface area contributed by atoms with E-state index in [1.165, 1.54) is 7.11 Å². The Bertz CT molecular complexity index is 326. The van der Waals surface area contributed by atoms with Crippen LogP contribution in [0.4, 0.5) is 4.39 Å². The lowest BCUT2D eigenvalue weighted by atomic mass is 9.95. The second kappa shape index (κ2) is 6.48. The van der Waals surface area contributed by atoms with Gasteiger partial charge in [0, 0.05) is 6.61 Å². The number of benzene rings is 1. The quantitative estimate of drug-likeness (QED) is 0.808. The number of hydrogen-bond acceptors (Lipinski definition) is 2. The van der Waals surface area contributed by atoms with Crippen molar-refractivity contribution in [1.82, 2.24) is 0 Å². The molecule has 3 heteroatoms. The van der Waals surface area contributed by atoms with Crippen LogP contribution in [0.1, 0.15) is 25.3 Å². The van der Waals surface area contributed by atoms with Gasteiger partial charge in [-0.05, 0) is 30.4 Å². The fourth-order valence-corrected chi connectivity index (χ4v) is 1.85. The van der Waals surface area contributed by atoms with Crippen molar-refractivity contribution in [2.75, 3.05) is 13.7 Å². The molecule has 0 bridgehead atoms. The van der Waals surface area contributed by atoms with Crippen LogP contribution in [0.3, 0.4) is 0 Å². The first-order valence-corrected chi connectivity index (χ1v) is 5.65. The average Bonchev–Trinajstić information content (AvgIpc) is 2.31. The van der Waals surface area contributed by atoms with Gasteiger partial charge in [0.25, 0.3) is 0 Å². The molecule has 90 valence electrons. The summed E-state index contributed by atoms with van der Waals surface area (Å²) in [5.74, 6) is 0.0943. The van der Waals surface area contributed by atoms with Crippen LogP contribution < -0.4 is 4.74 Å². The third-order valence-electron chi connectivity index (χ3n) is 2.73. The highest BCUT2D eigenvalue weighted by Crippen LogP contribution is 2.23. The van der Waals surface area contributed by atoms with Crippen LogP contribution in [-0.4, -0.2) is 18.8 Å². The highest BCUT2D eigenvalue weighted by atomic mass is 19.1. The predicted octanol–water partition coefficient (Wildman–Crippen LogP) is 2.79. The van der Waals surface area contributed by atoms with Crippen molar-refractivity contribution >= 4 is 0 Å². The molecular formula is C13H19FO2. The largest absolute Gasteiger partial charge is 0.494 e. The van der Waals surface area contributed by atoms with E-state index in [2.05, 4.69) is 6.92 Å². The minimum atomic E-state index is -0.306. The fraction of sp³-hybridized carbons (Fsp3) is 0.538. The Kier molecular flexibility index (Phi) is 5.26. The molecule has 0 saturated carbocycles. The first kappa shape index (κ1) is 13.0. The van der Waals surface area contributed by atoms with Gasteiger partial charge in [-0.15, -0.1) is 0 Å². The van der Waals surface area contributed by atoms with E-state index in [4.69, 9.17) is 4.74 Å². The fourth-order valence-electron chi connectivity index (χ4n) is 1.85. The Labute approximate surface area is 96.1 Å². The van der Waals surface area contributed by atoms with Gasteiger partial charge in [-0.3, -0.25) is 0 Å². The minimum Gasteiger partial charge on any atom is -0.494 e. The van der Waals surface area contributed by atoms with Gasteiger partial charge in [0.05, 0.1) is 7.11 Å². The van der Waals surface area contributed by atoms with Crippen molar-refractivity contribution < 1.29 is 14.2 Å². The van der Waals surface area contributed by atoms with E-state index < -0.39 is 0 Å². The molecular weight excluding hydrogens is 207 g/mol. The van der Waals surface area contributed by atoms with Crippen molar-refractivity contribution in [1.29, 1.82) is 0 Å². The molecule has 1 N–H and O–H groups in total. The molecule has 0 aliphatic carbocycles. The van der Waals surface area contributed by atoms with Crippen LogP contribution in [0.2, 0.25) is 0 Å².